The van der Waals surface area contributed by atoms with Crippen LogP contribution in [0.25, 0.3) is 0 Å². The molecule has 0 saturated carbocycles. The number of rotatable bonds is 2. The van der Waals surface area contributed by atoms with Crippen molar-refractivity contribution in [2.45, 2.75) is 20.3 Å². The fourth-order valence-electron chi connectivity index (χ4n) is 1.87. The summed E-state index contributed by atoms with van der Waals surface area (Å²) in [7, 11) is 2.11. The van der Waals surface area contributed by atoms with E-state index in [1.54, 1.807) is 0 Å². The maximum atomic E-state index is 4.75. The third-order valence-corrected chi connectivity index (χ3v) is 4.05. The molecule has 1 aromatic rings. The van der Waals surface area contributed by atoms with Crippen LogP contribution in [0.3, 0.4) is 0 Å². The van der Waals surface area contributed by atoms with Gasteiger partial charge in [-0.05, 0) is 30.5 Å². The lowest BCUT2D eigenvalue weighted by atomic mass is 10.1. The van der Waals surface area contributed by atoms with Gasteiger partial charge >= 0.3 is 0 Å². The van der Waals surface area contributed by atoms with Gasteiger partial charge in [0.05, 0.1) is 5.69 Å². The van der Waals surface area contributed by atoms with Gasteiger partial charge in [0.15, 0.2) is 5.17 Å². The Hall–Kier alpha value is -0.960. The number of nitrogens with zero attached hydrogens (tertiary/aromatic N) is 2. The molecule has 3 heteroatoms. The monoisotopic (exact) mass is 234 g/mol. The molecular weight excluding hydrogens is 216 g/mol. The van der Waals surface area contributed by atoms with E-state index in [-0.39, 0.29) is 0 Å². The number of thioether (sulfide) groups is 1. The van der Waals surface area contributed by atoms with Gasteiger partial charge in [-0.3, -0.25) is 0 Å². The summed E-state index contributed by atoms with van der Waals surface area (Å²) in [4.78, 5) is 6.98. The van der Waals surface area contributed by atoms with E-state index in [1.807, 2.05) is 11.8 Å². The van der Waals surface area contributed by atoms with Crippen molar-refractivity contribution in [3.63, 3.8) is 0 Å². The molecule has 0 spiro atoms. The quantitative estimate of drug-likeness (QED) is 0.781. The first-order valence-electron chi connectivity index (χ1n) is 5.73. The molecule has 2 nitrogen and oxygen atoms in total. The lowest BCUT2D eigenvalue weighted by Gasteiger charge is -2.11. The zero-order chi connectivity index (χ0) is 11.5. The highest BCUT2D eigenvalue weighted by atomic mass is 32.2. The Bertz CT molecular complexity index is 412. The first-order chi connectivity index (χ1) is 7.72. The van der Waals surface area contributed by atoms with E-state index >= 15 is 0 Å². The molecule has 1 heterocycles. The highest BCUT2D eigenvalue weighted by Gasteiger charge is 2.15. The lowest BCUT2D eigenvalue weighted by Crippen LogP contribution is -2.17. The molecule has 1 aliphatic heterocycles. The summed E-state index contributed by atoms with van der Waals surface area (Å²) in [5.41, 5.74) is 3.83. The third-order valence-electron chi connectivity index (χ3n) is 3.00. The second kappa shape index (κ2) is 4.91. The van der Waals surface area contributed by atoms with Gasteiger partial charge in [-0.2, -0.15) is 0 Å². The minimum absolute atomic E-state index is 1.08. The van der Waals surface area contributed by atoms with Gasteiger partial charge in [-0.1, -0.05) is 30.8 Å². The molecule has 0 unspecified atom stereocenters. The molecule has 0 radical (unpaired) electrons. The van der Waals surface area contributed by atoms with Gasteiger partial charge in [0.2, 0.25) is 0 Å². The van der Waals surface area contributed by atoms with Gasteiger partial charge in [0, 0.05) is 19.3 Å². The highest BCUT2D eigenvalue weighted by Crippen LogP contribution is 2.26. The van der Waals surface area contributed by atoms with Gasteiger partial charge in [-0.25, -0.2) is 4.99 Å². The van der Waals surface area contributed by atoms with Crippen LogP contribution in [0, 0.1) is 6.92 Å². The summed E-state index contributed by atoms with van der Waals surface area (Å²) < 4.78 is 0. The molecule has 0 N–H and O–H groups in total. The molecule has 16 heavy (non-hydrogen) atoms. The number of aryl methyl sites for hydroxylation is 1. The number of hydrogen-bond donors (Lipinski definition) is 0. The standard InChI is InChI=1S/C13H18N2S/c1-4-11-6-5-7-12(10(11)2)14-13-15(3)8-9-16-13/h5-7H,4,8-9H2,1-3H3. The van der Waals surface area contributed by atoms with Crippen molar-refractivity contribution in [3.05, 3.63) is 29.3 Å². The van der Waals surface area contributed by atoms with E-state index in [4.69, 9.17) is 4.99 Å². The van der Waals surface area contributed by atoms with Gasteiger partial charge < -0.3 is 4.90 Å². The van der Waals surface area contributed by atoms with Crippen LogP contribution >= 0.6 is 11.8 Å². The molecule has 1 aliphatic rings. The lowest BCUT2D eigenvalue weighted by molar-refractivity contribution is 0.563. The zero-order valence-electron chi connectivity index (χ0n) is 10.2. The summed E-state index contributed by atoms with van der Waals surface area (Å²) in [6, 6.07) is 6.39. The summed E-state index contributed by atoms with van der Waals surface area (Å²) in [5.74, 6) is 1.15. The molecule has 0 atom stereocenters. The number of amidine groups is 1. The van der Waals surface area contributed by atoms with Crippen LogP contribution < -0.4 is 0 Å². The predicted octanol–water partition coefficient (Wildman–Crippen LogP) is 3.22. The predicted molar refractivity (Wildman–Crippen MR) is 72.7 cm³/mol. The van der Waals surface area contributed by atoms with Crippen molar-refractivity contribution in [1.29, 1.82) is 0 Å². The van der Waals surface area contributed by atoms with Crippen molar-refractivity contribution in [2.75, 3.05) is 19.3 Å². The van der Waals surface area contributed by atoms with Crippen LogP contribution in [0.15, 0.2) is 23.2 Å². The maximum Gasteiger partial charge on any atom is 0.164 e. The molecule has 86 valence electrons. The number of benzene rings is 1. The maximum absolute atomic E-state index is 4.75. The van der Waals surface area contributed by atoms with E-state index in [1.165, 1.54) is 11.1 Å². The Kier molecular flexibility index (Phi) is 3.54. The third kappa shape index (κ3) is 2.24. The van der Waals surface area contributed by atoms with Gasteiger partial charge in [-0.15, -0.1) is 0 Å². The average molecular weight is 234 g/mol. The normalized spacial score (nSPS) is 18.4. The highest BCUT2D eigenvalue weighted by molar-refractivity contribution is 8.14. The summed E-state index contributed by atoms with van der Waals surface area (Å²) in [6.45, 7) is 5.46. The molecule has 0 aromatic heterocycles. The Balaban J connectivity index is 2.34. The fraction of sp³-hybridized carbons (Fsp3) is 0.462. The topological polar surface area (TPSA) is 15.6 Å². The van der Waals surface area contributed by atoms with Crippen LogP contribution in [0.2, 0.25) is 0 Å². The van der Waals surface area contributed by atoms with Crippen molar-refractivity contribution in [2.24, 2.45) is 4.99 Å². The van der Waals surface area contributed by atoms with Gasteiger partial charge in [0.1, 0.15) is 0 Å². The van der Waals surface area contributed by atoms with Crippen LogP contribution in [0.4, 0.5) is 5.69 Å². The first kappa shape index (κ1) is 11.5. The van der Waals surface area contributed by atoms with E-state index in [2.05, 4.69) is 44.0 Å². The Morgan fingerprint density at radius 3 is 2.88 bits per heavy atom. The fourth-order valence-corrected chi connectivity index (χ4v) is 2.90. The van der Waals surface area contributed by atoms with Crippen molar-refractivity contribution >= 4 is 22.6 Å². The Labute approximate surface area is 102 Å². The molecule has 1 fully saturated rings. The second-order valence-corrected chi connectivity index (χ2v) is 5.14. The minimum atomic E-state index is 1.08. The number of hydrogen-bond acceptors (Lipinski definition) is 2. The van der Waals surface area contributed by atoms with Crippen molar-refractivity contribution in [3.8, 4) is 0 Å². The first-order valence-corrected chi connectivity index (χ1v) is 6.72. The average Bonchev–Trinajstić information content (AvgIpc) is 2.68. The number of aliphatic imine (C=N–C) groups is 1. The van der Waals surface area contributed by atoms with Crippen LogP contribution in [-0.4, -0.2) is 29.4 Å². The molecule has 0 aliphatic carbocycles. The van der Waals surface area contributed by atoms with E-state index in [9.17, 15) is 0 Å². The van der Waals surface area contributed by atoms with Crippen molar-refractivity contribution in [1.82, 2.24) is 4.90 Å². The van der Waals surface area contributed by atoms with Crippen LogP contribution in [0.1, 0.15) is 18.1 Å². The van der Waals surface area contributed by atoms with Gasteiger partial charge in [0.25, 0.3) is 0 Å². The van der Waals surface area contributed by atoms with Crippen molar-refractivity contribution < 1.29 is 0 Å². The zero-order valence-corrected chi connectivity index (χ0v) is 11.0. The largest absolute Gasteiger partial charge is 0.353 e. The Morgan fingerprint density at radius 2 is 2.25 bits per heavy atom. The molecule has 1 saturated heterocycles. The molecular formula is C13H18N2S. The van der Waals surface area contributed by atoms with E-state index in [0.717, 1.165) is 29.6 Å². The van der Waals surface area contributed by atoms with E-state index in [0.29, 0.717) is 0 Å². The second-order valence-electron chi connectivity index (χ2n) is 4.08. The summed E-state index contributed by atoms with van der Waals surface area (Å²) in [6.07, 6.45) is 1.08. The smallest absolute Gasteiger partial charge is 0.164 e. The summed E-state index contributed by atoms with van der Waals surface area (Å²) >= 11 is 1.84. The SMILES string of the molecule is CCc1cccc(N=C2SCCN2C)c1C. The molecule has 1 aromatic carbocycles. The van der Waals surface area contributed by atoms with E-state index < -0.39 is 0 Å². The van der Waals surface area contributed by atoms with Crippen LogP contribution in [-0.2, 0) is 6.42 Å². The molecule has 2 rings (SSSR count). The Morgan fingerprint density at radius 1 is 1.44 bits per heavy atom. The molecule has 0 amide bonds. The van der Waals surface area contributed by atoms with Crippen LogP contribution in [0.5, 0.6) is 0 Å². The summed E-state index contributed by atoms with van der Waals surface area (Å²) in [5, 5.41) is 1.15. The molecule has 0 bridgehead atoms. The minimum Gasteiger partial charge on any atom is -0.353 e.